The highest BCUT2D eigenvalue weighted by molar-refractivity contribution is 5.18. The van der Waals surface area contributed by atoms with Crippen LogP contribution in [0.2, 0.25) is 0 Å². The lowest BCUT2D eigenvalue weighted by atomic mass is 9.66. The summed E-state index contributed by atoms with van der Waals surface area (Å²) < 4.78 is 13.6. The van der Waals surface area contributed by atoms with Crippen LogP contribution in [0.5, 0.6) is 0 Å². The Bertz CT molecular complexity index is 400. The van der Waals surface area contributed by atoms with Gasteiger partial charge in [0.05, 0.1) is 6.10 Å². The quantitative estimate of drug-likeness (QED) is 0.861. The minimum Gasteiger partial charge on any atom is -0.392 e. The van der Waals surface area contributed by atoms with Crippen LogP contribution in [0.4, 0.5) is 4.39 Å². The van der Waals surface area contributed by atoms with E-state index in [2.05, 4.69) is 13.8 Å². The first-order chi connectivity index (χ1) is 8.50. The van der Waals surface area contributed by atoms with Crippen molar-refractivity contribution in [1.82, 2.24) is 0 Å². The minimum atomic E-state index is -0.433. The number of benzene rings is 1. The molecule has 1 aliphatic rings. The van der Waals surface area contributed by atoms with E-state index in [1.807, 2.05) is 6.07 Å². The van der Waals surface area contributed by atoms with Gasteiger partial charge >= 0.3 is 0 Å². The predicted molar refractivity (Wildman–Crippen MR) is 71.8 cm³/mol. The van der Waals surface area contributed by atoms with Gasteiger partial charge in [-0.1, -0.05) is 44.9 Å². The molecule has 0 aromatic heterocycles. The second-order valence-electron chi connectivity index (χ2n) is 6.20. The first-order valence-corrected chi connectivity index (χ1v) is 6.92. The summed E-state index contributed by atoms with van der Waals surface area (Å²) in [5.41, 5.74) is 0.800. The second kappa shape index (κ2) is 5.40. The van der Waals surface area contributed by atoms with E-state index in [9.17, 15) is 9.50 Å². The number of aliphatic hydroxyl groups is 1. The van der Waals surface area contributed by atoms with Crippen molar-refractivity contribution >= 4 is 0 Å². The van der Waals surface area contributed by atoms with Crippen LogP contribution in [0.25, 0.3) is 0 Å². The molecule has 2 rings (SSSR count). The van der Waals surface area contributed by atoms with E-state index in [0.29, 0.717) is 12.0 Å². The number of rotatable bonds is 3. The summed E-state index contributed by atoms with van der Waals surface area (Å²) in [4.78, 5) is 0. The van der Waals surface area contributed by atoms with Gasteiger partial charge in [0.2, 0.25) is 0 Å². The van der Waals surface area contributed by atoms with Crippen molar-refractivity contribution < 1.29 is 9.50 Å². The highest BCUT2D eigenvalue weighted by atomic mass is 19.1. The van der Waals surface area contributed by atoms with Gasteiger partial charge in [-0.25, -0.2) is 4.39 Å². The SMILES string of the molecule is CC1(C)CCCCC1C(O)Cc1ccccc1F. The van der Waals surface area contributed by atoms with Gasteiger partial charge in [-0.3, -0.25) is 0 Å². The fourth-order valence-corrected chi connectivity index (χ4v) is 3.27. The topological polar surface area (TPSA) is 20.2 Å². The largest absolute Gasteiger partial charge is 0.392 e. The molecule has 2 unspecified atom stereocenters. The molecular formula is C16H23FO. The van der Waals surface area contributed by atoms with Crippen LogP contribution in [0.1, 0.15) is 45.1 Å². The molecule has 1 N–H and O–H groups in total. The van der Waals surface area contributed by atoms with E-state index >= 15 is 0 Å². The predicted octanol–water partition coefficient (Wildman–Crippen LogP) is 3.95. The number of hydrogen-bond donors (Lipinski definition) is 1. The first kappa shape index (κ1) is 13.5. The Morgan fingerprint density at radius 1 is 1.33 bits per heavy atom. The van der Waals surface area contributed by atoms with Gasteiger partial charge in [0.1, 0.15) is 5.82 Å². The fraction of sp³-hybridized carbons (Fsp3) is 0.625. The second-order valence-corrected chi connectivity index (χ2v) is 6.20. The van der Waals surface area contributed by atoms with E-state index in [1.54, 1.807) is 12.1 Å². The molecule has 0 amide bonds. The zero-order chi connectivity index (χ0) is 13.2. The maximum atomic E-state index is 13.6. The number of halogens is 1. The van der Waals surface area contributed by atoms with Gasteiger partial charge in [0, 0.05) is 6.42 Å². The maximum absolute atomic E-state index is 13.6. The normalized spacial score (nSPS) is 24.8. The smallest absolute Gasteiger partial charge is 0.126 e. The van der Waals surface area contributed by atoms with Gasteiger partial charge in [-0.15, -0.1) is 0 Å². The zero-order valence-electron chi connectivity index (χ0n) is 11.3. The van der Waals surface area contributed by atoms with Crippen molar-refractivity contribution in [3.8, 4) is 0 Å². The van der Waals surface area contributed by atoms with Crippen LogP contribution in [-0.2, 0) is 6.42 Å². The Morgan fingerprint density at radius 2 is 2.06 bits per heavy atom. The Balaban J connectivity index is 2.07. The third kappa shape index (κ3) is 2.92. The molecule has 100 valence electrons. The maximum Gasteiger partial charge on any atom is 0.126 e. The van der Waals surface area contributed by atoms with E-state index < -0.39 is 6.10 Å². The molecule has 1 aromatic carbocycles. The van der Waals surface area contributed by atoms with Crippen molar-refractivity contribution in [3.63, 3.8) is 0 Å². The molecule has 0 radical (unpaired) electrons. The summed E-state index contributed by atoms with van der Waals surface area (Å²) >= 11 is 0. The molecule has 0 saturated heterocycles. The highest BCUT2D eigenvalue weighted by Gasteiger charge is 2.36. The summed E-state index contributed by atoms with van der Waals surface area (Å²) in [6.45, 7) is 4.45. The zero-order valence-corrected chi connectivity index (χ0v) is 11.3. The van der Waals surface area contributed by atoms with E-state index in [1.165, 1.54) is 18.9 Å². The van der Waals surface area contributed by atoms with Gasteiger partial charge in [-0.2, -0.15) is 0 Å². The molecule has 1 aromatic rings. The summed E-state index contributed by atoms with van der Waals surface area (Å²) in [7, 11) is 0. The lowest BCUT2D eigenvalue weighted by Gasteiger charge is -2.41. The van der Waals surface area contributed by atoms with E-state index in [4.69, 9.17) is 0 Å². The molecule has 0 heterocycles. The average molecular weight is 250 g/mol. The molecule has 2 atom stereocenters. The van der Waals surface area contributed by atoms with Crippen molar-refractivity contribution in [2.45, 2.75) is 52.1 Å². The number of hydrogen-bond acceptors (Lipinski definition) is 1. The lowest BCUT2D eigenvalue weighted by molar-refractivity contribution is 0.00539. The molecule has 2 heteroatoms. The summed E-state index contributed by atoms with van der Waals surface area (Å²) in [6, 6.07) is 6.76. The molecular weight excluding hydrogens is 227 g/mol. The van der Waals surface area contributed by atoms with Crippen LogP contribution in [0, 0.1) is 17.2 Å². The van der Waals surface area contributed by atoms with E-state index in [-0.39, 0.29) is 17.2 Å². The van der Waals surface area contributed by atoms with Crippen LogP contribution < -0.4 is 0 Å². The van der Waals surface area contributed by atoms with Crippen molar-refractivity contribution in [2.75, 3.05) is 0 Å². The van der Waals surface area contributed by atoms with Gasteiger partial charge in [-0.05, 0) is 35.8 Å². The molecule has 0 aliphatic heterocycles. The minimum absolute atomic E-state index is 0.170. The van der Waals surface area contributed by atoms with Crippen molar-refractivity contribution in [3.05, 3.63) is 35.6 Å². The third-order valence-corrected chi connectivity index (χ3v) is 4.44. The van der Waals surface area contributed by atoms with Crippen LogP contribution >= 0.6 is 0 Å². The summed E-state index contributed by atoms with van der Waals surface area (Å²) in [5, 5.41) is 10.4. The number of aliphatic hydroxyl groups excluding tert-OH is 1. The van der Waals surface area contributed by atoms with Gasteiger partial charge in [0.15, 0.2) is 0 Å². The standard InChI is InChI=1S/C16H23FO/c1-16(2)10-6-5-8-13(16)15(18)11-12-7-3-4-9-14(12)17/h3-4,7,9,13,15,18H,5-6,8,10-11H2,1-2H3. The van der Waals surface area contributed by atoms with Crippen LogP contribution in [0.3, 0.4) is 0 Å². The molecule has 1 fully saturated rings. The molecule has 0 bridgehead atoms. The molecule has 1 aliphatic carbocycles. The van der Waals surface area contributed by atoms with Gasteiger partial charge in [0.25, 0.3) is 0 Å². The molecule has 1 saturated carbocycles. The molecule has 0 spiro atoms. The Labute approximate surface area is 109 Å². The summed E-state index contributed by atoms with van der Waals surface area (Å²) in [5.74, 6) is 0.0796. The van der Waals surface area contributed by atoms with E-state index in [0.717, 1.165) is 12.8 Å². The first-order valence-electron chi connectivity index (χ1n) is 6.92. The van der Waals surface area contributed by atoms with Gasteiger partial charge < -0.3 is 5.11 Å². The van der Waals surface area contributed by atoms with Crippen LogP contribution in [0.15, 0.2) is 24.3 Å². The van der Waals surface area contributed by atoms with Crippen LogP contribution in [-0.4, -0.2) is 11.2 Å². The summed E-state index contributed by atoms with van der Waals surface area (Å²) in [6.07, 6.45) is 4.64. The van der Waals surface area contributed by atoms with Crippen molar-refractivity contribution in [2.24, 2.45) is 11.3 Å². The molecule has 1 nitrogen and oxygen atoms in total. The average Bonchev–Trinajstić information content (AvgIpc) is 2.31. The monoisotopic (exact) mass is 250 g/mol. The molecule has 18 heavy (non-hydrogen) atoms. The lowest BCUT2D eigenvalue weighted by Crippen LogP contribution is -2.38. The Hall–Kier alpha value is -0.890. The van der Waals surface area contributed by atoms with Crippen molar-refractivity contribution in [1.29, 1.82) is 0 Å². The highest BCUT2D eigenvalue weighted by Crippen LogP contribution is 2.42. The Kier molecular flexibility index (Phi) is 4.06. The Morgan fingerprint density at radius 3 is 2.72 bits per heavy atom. The fourth-order valence-electron chi connectivity index (χ4n) is 3.27. The third-order valence-electron chi connectivity index (χ3n) is 4.44.